The lowest BCUT2D eigenvalue weighted by Gasteiger charge is -2.09. The fourth-order valence-corrected chi connectivity index (χ4v) is 3.39. The van der Waals surface area contributed by atoms with Crippen LogP contribution in [0.2, 0.25) is 0 Å². The maximum Gasteiger partial charge on any atom is 0.303 e. The summed E-state index contributed by atoms with van der Waals surface area (Å²) in [7, 11) is -2.25. The molecule has 0 heterocycles. The van der Waals surface area contributed by atoms with E-state index in [1.54, 1.807) is 12.1 Å². The molecule has 0 unspecified atom stereocenters. The van der Waals surface area contributed by atoms with Crippen molar-refractivity contribution in [3.05, 3.63) is 22.7 Å². The lowest BCUT2D eigenvalue weighted by molar-refractivity contribution is -0.137. The van der Waals surface area contributed by atoms with Crippen molar-refractivity contribution < 1.29 is 23.1 Å². The number of methoxy groups -OCH3 is 1. The van der Waals surface area contributed by atoms with Gasteiger partial charge < -0.3 is 9.84 Å². The Balaban J connectivity index is 2.79. The summed E-state index contributed by atoms with van der Waals surface area (Å²) in [6.07, 6.45) is 0.151. The van der Waals surface area contributed by atoms with Crippen molar-refractivity contribution in [3.8, 4) is 5.75 Å². The highest BCUT2D eigenvalue weighted by atomic mass is 79.9. The van der Waals surface area contributed by atoms with Crippen molar-refractivity contribution in [2.24, 2.45) is 0 Å². The van der Waals surface area contributed by atoms with Crippen LogP contribution in [0.15, 0.2) is 27.6 Å². The van der Waals surface area contributed by atoms with E-state index in [1.807, 2.05) is 0 Å². The van der Waals surface area contributed by atoms with Crippen LogP contribution in [0, 0.1) is 0 Å². The molecule has 0 radical (unpaired) electrons. The molecule has 2 N–H and O–H groups in total. The summed E-state index contributed by atoms with van der Waals surface area (Å²) >= 11 is 3.16. The van der Waals surface area contributed by atoms with Crippen LogP contribution < -0.4 is 9.46 Å². The van der Waals surface area contributed by atoms with E-state index in [1.165, 1.54) is 13.2 Å². The second-order valence-electron chi connectivity index (χ2n) is 3.69. The van der Waals surface area contributed by atoms with Gasteiger partial charge in [-0.05, 0) is 34.5 Å². The molecule has 0 aromatic heterocycles. The van der Waals surface area contributed by atoms with Crippen LogP contribution in [-0.2, 0) is 14.8 Å². The van der Waals surface area contributed by atoms with E-state index in [-0.39, 0.29) is 24.3 Å². The highest BCUT2D eigenvalue weighted by Crippen LogP contribution is 2.26. The molecular formula is C11H14BrNO5S. The Morgan fingerprint density at radius 2 is 2.16 bits per heavy atom. The molecular weight excluding hydrogens is 338 g/mol. The predicted molar refractivity (Wildman–Crippen MR) is 72.8 cm³/mol. The number of halogens is 1. The van der Waals surface area contributed by atoms with Gasteiger partial charge in [0.1, 0.15) is 5.75 Å². The van der Waals surface area contributed by atoms with Gasteiger partial charge in [-0.15, -0.1) is 0 Å². The van der Waals surface area contributed by atoms with Crippen LogP contribution in [0.1, 0.15) is 12.8 Å². The third kappa shape index (κ3) is 4.81. The molecule has 1 aromatic rings. The average molecular weight is 352 g/mol. The Morgan fingerprint density at radius 1 is 1.47 bits per heavy atom. The highest BCUT2D eigenvalue weighted by Gasteiger charge is 2.18. The molecule has 6 nitrogen and oxygen atoms in total. The highest BCUT2D eigenvalue weighted by molar-refractivity contribution is 9.10. The second-order valence-corrected chi connectivity index (χ2v) is 6.28. The summed E-state index contributed by atoms with van der Waals surface area (Å²) in [5, 5.41) is 8.47. The number of carboxylic acid groups (broad SMARTS) is 1. The number of hydrogen-bond acceptors (Lipinski definition) is 4. The van der Waals surface area contributed by atoms with Crippen molar-refractivity contribution >= 4 is 31.9 Å². The quantitative estimate of drug-likeness (QED) is 0.727. The van der Waals surface area contributed by atoms with Crippen LogP contribution in [0.3, 0.4) is 0 Å². The maximum atomic E-state index is 12.0. The normalized spacial score (nSPS) is 11.3. The molecule has 0 spiro atoms. The molecule has 0 saturated heterocycles. The molecule has 8 heteroatoms. The molecule has 0 fully saturated rings. The Hall–Kier alpha value is -1.12. The topological polar surface area (TPSA) is 92.7 Å². The Labute approximate surface area is 120 Å². The molecule has 0 atom stereocenters. The number of carbonyl (C=O) groups is 1. The first-order chi connectivity index (χ1) is 8.86. The van der Waals surface area contributed by atoms with Crippen LogP contribution in [-0.4, -0.2) is 33.1 Å². The van der Waals surface area contributed by atoms with Gasteiger partial charge in [0.15, 0.2) is 0 Å². The van der Waals surface area contributed by atoms with Crippen LogP contribution >= 0.6 is 15.9 Å². The van der Waals surface area contributed by atoms with Gasteiger partial charge in [0.25, 0.3) is 0 Å². The third-order valence-electron chi connectivity index (χ3n) is 2.29. The minimum absolute atomic E-state index is 0.0576. The Kier molecular flexibility index (Phi) is 5.77. The lowest BCUT2D eigenvalue weighted by Crippen LogP contribution is -2.25. The third-order valence-corrected chi connectivity index (χ3v) is 4.74. The largest absolute Gasteiger partial charge is 0.497 e. The molecule has 0 amide bonds. The number of hydrogen-bond donors (Lipinski definition) is 2. The first-order valence-electron chi connectivity index (χ1n) is 5.42. The molecule has 0 bridgehead atoms. The molecule has 0 aliphatic heterocycles. The van der Waals surface area contributed by atoms with Gasteiger partial charge in [0.2, 0.25) is 10.0 Å². The van der Waals surface area contributed by atoms with Gasteiger partial charge in [-0.2, -0.15) is 0 Å². The van der Waals surface area contributed by atoms with E-state index in [0.717, 1.165) is 0 Å². The van der Waals surface area contributed by atoms with Crippen LogP contribution in [0.5, 0.6) is 5.75 Å². The first kappa shape index (κ1) is 15.9. The molecule has 0 aliphatic carbocycles. The summed E-state index contributed by atoms with van der Waals surface area (Å²) in [6, 6.07) is 4.60. The van der Waals surface area contributed by atoms with Gasteiger partial charge in [0.05, 0.1) is 12.0 Å². The van der Waals surface area contributed by atoms with Crippen molar-refractivity contribution in [2.45, 2.75) is 17.7 Å². The van der Waals surface area contributed by atoms with Crippen molar-refractivity contribution in [2.75, 3.05) is 13.7 Å². The van der Waals surface area contributed by atoms with Crippen molar-refractivity contribution in [1.82, 2.24) is 4.72 Å². The molecule has 1 rings (SSSR count). The van der Waals surface area contributed by atoms with Crippen molar-refractivity contribution in [3.63, 3.8) is 0 Å². The number of ether oxygens (including phenoxy) is 1. The summed E-state index contributed by atoms with van der Waals surface area (Å²) in [4.78, 5) is 10.4. The van der Waals surface area contributed by atoms with Gasteiger partial charge in [-0.1, -0.05) is 0 Å². The smallest absolute Gasteiger partial charge is 0.303 e. The number of benzene rings is 1. The summed E-state index contributed by atoms with van der Waals surface area (Å²) in [6.45, 7) is 0.0677. The van der Waals surface area contributed by atoms with Crippen molar-refractivity contribution in [1.29, 1.82) is 0 Å². The fraction of sp³-hybridized carbons (Fsp3) is 0.364. The standard InChI is InChI=1S/C11H14BrNO5S/c1-18-8-4-5-9(12)10(7-8)19(16,17)13-6-2-3-11(14)15/h4-5,7,13H,2-3,6H2,1H3,(H,14,15). The summed E-state index contributed by atoms with van der Waals surface area (Å²) < 4.78 is 31.8. The monoisotopic (exact) mass is 351 g/mol. The minimum Gasteiger partial charge on any atom is -0.497 e. The van der Waals surface area contributed by atoms with Gasteiger partial charge in [-0.3, -0.25) is 4.79 Å². The summed E-state index contributed by atoms with van der Waals surface area (Å²) in [5.41, 5.74) is 0. The SMILES string of the molecule is COc1ccc(Br)c(S(=O)(=O)NCCCC(=O)O)c1. The van der Waals surface area contributed by atoms with E-state index in [2.05, 4.69) is 20.7 Å². The Morgan fingerprint density at radius 3 is 2.74 bits per heavy atom. The zero-order valence-corrected chi connectivity index (χ0v) is 12.6. The zero-order valence-electron chi connectivity index (χ0n) is 10.2. The number of sulfonamides is 1. The van der Waals surface area contributed by atoms with E-state index in [4.69, 9.17) is 9.84 Å². The van der Waals surface area contributed by atoms with Gasteiger partial charge in [-0.25, -0.2) is 13.1 Å². The minimum atomic E-state index is -3.69. The number of nitrogens with one attached hydrogen (secondary N) is 1. The molecule has 1 aromatic carbocycles. The van der Waals surface area contributed by atoms with Crippen LogP contribution in [0.4, 0.5) is 0 Å². The molecule has 0 saturated carbocycles. The van der Waals surface area contributed by atoms with E-state index >= 15 is 0 Å². The average Bonchev–Trinajstić information content (AvgIpc) is 2.35. The molecule has 0 aliphatic rings. The maximum absolute atomic E-state index is 12.0. The molecule has 19 heavy (non-hydrogen) atoms. The zero-order chi connectivity index (χ0) is 14.5. The van der Waals surface area contributed by atoms with E-state index < -0.39 is 16.0 Å². The lowest BCUT2D eigenvalue weighted by atomic mass is 10.3. The van der Waals surface area contributed by atoms with Gasteiger partial charge >= 0.3 is 5.97 Å². The van der Waals surface area contributed by atoms with E-state index in [0.29, 0.717) is 10.2 Å². The first-order valence-corrected chi connectivity index (χ1v) is 7.69. The molecule has 106 valence electrons. The van der Waals surface area contributed by atoms with Crippen LogP contribution in [0.25, 0.3) is 0 Å². The Bertz CT molecular complexity index is 558. The summed E-state index contributed by atoms with van der Waals surface area (Å²) in [5.74, 6) is -0.532. The number of aliphatic carboxylic acids is 1. The number of rotatable bonds is 7. The van der Waals surface area contributed by atoms with E-state index in [9.17, 15) is 13.2 Å². The predicted octanol–water partition coefficient (Wildman–Crippen LogP) is 1.60. The van der Waals surface area contributed by atoms with Gasteiger partial charge in [0, 0.05) is 23.5 Å². The second kappa shape index (κ2) is 6.88. The number of carboxylic acids is 1. The fourth-order valence-electron chi connectivity index (χ4n) is 1.34.